The smallest absolute Gasteiger partial charge is 0.244 e. The maximum absolute atomic E-state index is 12.6. The zero-order valence-electron chi connectivity index (χ0n) is 13.1. The normalized spacial score (nSPS) is 13.3. The summed E-state index contributed by atoms with van der Waals surface area (Å²) in [6.07, 6.45) is 0. The lowest BCUT2D eigenvalue weighted by Gasteiger charge is -2.33. The van der Waals surface area contributed by atoms with Crippen LogP contribution in [0.5, 0.6) is 0 Å². The van der Waals surface area contributed by atoms with E-state index in [4.69, 9.17) is 0 Å². The third-order valence-electron chi connectivity index (χ3n) is 3.31. The number of likely N-dealkylation sites (N-methyl/N-ethyl adjacent to an activating group) is 2. The van der Waals surface area contributed by atoms with Gasteiger partial charge < -0.3 is 10.0 Å². The number of carbonyl (C=O) groups is 1. The summed E-state index contributed by atoms with van der Waals surface area (Å²) < 4.78 is 0. The molecule has 1 amide bonds. The molecule has 0 radical (unpaired) electrons. The summed E-state index contributed by atoms with van der Waals surface area (Å²) in [5.41, 5.74) is 0.0936. The molecule has 0 aromatic heterocycles. The van der Waals surface area contributed by atoms with Crippen LogP contribution < -0.4 is 4.90 Å². The highest BCUT2D eigenvalue weighted by Crippen LogP contribution is 2.16. The number of rotatable bonds is 6. The van der Waals surface area contributed by atoms with E-state index in [-0.39, 0.29) is 11.9 Å². The van der Waals surface area contributed by atoms with Crippen molar-refractivity contribution in [2.24, 2.45) is 0 Å². The average Bonchev–Trinajstić information content (AvgIpc) is 2.37. The van der Waals surface area contributed by atoms with Gasteiger partial charge in [-0.15, -0.1) is 0 Å². The standard InChI is InChI=1S/C16H26N2O2/c1-6-18(14-10-8-7-9-11-14)15(19)13(2)17(5)12-16(3,4)20/h7-11,13,20H,6,12H2,1-5H3. The highest BCUT2D eigenvalue weighted by molar-refractivity contribution is 5.96. The minimum absolute atomic E-state index is 0.0467. The fraction of sp³-hybridized carbons (Fsp3) is 0.562. The largest absolute Gasteiger partial charge is 0.389 e. The van der Waals surface area contributed by atoms with Crippen molar-refractivity contribution in [3.05, 3.63) is 30.3 Å². The number of benzene rings is 1. The maximum atomic E-state index is 12.6. The first kappa shape index (κ1) is 16.7. The summed E-state index contributed by atoms with van der Waals surface area (Å²) in [5, 5.41) is 9.86. The topological polar surface area (TPSA) is 43.8 Å². The molecule has 0 aliphatic heterocycles. The first-order valence-corrected chi connectivity index (χ1v) is 7.05. The van der Waals surface area contributed by atoms with Crippen molar-refractivity contribution in [1.82, 2.24) is 4.90 Å². The minimum Gasteiger partial charge on any atom is -0.389 e. The summed E-state index contributed by atoms with van der Waals surface area (Å²) in [7, 11) is 1.86. The Morgan fingerprint density at radius 2 is 1.85 bits per heavy atom. The second kappa shape index (κ2) is 6.86. The lowest BCUT2D eigenvalue weighted by molar-refractivity contribution is -0.123. The van der Waals surface area contributed by atoms with Crippen molar-refractivity contribution in [3.8, 4) is 0 Å². The number of hydrogen-bond donors (Lipinski definition) is 1. The van der Waals surface area contributed by atoms with Crippen LogP contribution in [0.3, 0.4) is 0 Å². The van der Waals surface area contributed by atoms with Crippen LogP contribution >= 0.6 is 0 Å². The van der Waals surface area contributed by atoms with Crippen LogP contribution in [0.2, 0.25) is 0 Å². The van der Waals surface area contributed by atoms with Crippen LogP contribution in [0.15, 0.2) is 30.3 Å². The predicted octanol–water partition coefficient (Wildman–Crippen LogP) is 2.13. The Bertz CT molecular complexity index is 426. The van der Waals surface area contributed by atoms with E-state index >= 15 is 0 Å². The molecule has 0 aliphatic carbocycles. The summed E-state index contributed by atoms with van der Waals surface area (Å²) in [5.74, 6) is 0.0467. The Morgan fingerprint density at radius 1 is 1.30 bits per heavy atom. The summed E-state index contributed by atoms with van der Waals surface area (Å²) in [6.45, 7) is 8.41. The van der Waals surface area contributed by atoms with Gasteiger partial charge in [-0.2, -0.15) is 0 Å². The van der Waals surface area contributed by atoms with Crippen LogP contribution in [0.1, 0.15) is 27.7 Å². The molecule has 1 unspecified atom stereocenters. The first-order valence-electron chi connectivity index (χ1n) is 7.05. The zero-order valence-corrected chi connectivity index (χ0v) is 13.1. The highest BCUT2D eigenvalue weighted by Gasteiger charge is 2.27. The Hall–Kier alpha value is -1.39. The van der Waals surface area contributed by atoms with Crippen molar-refractivity contribution < 1.29 is 9.90 Å². The van der Waals surface area contributed by atoms with Gasteiger partial charge in [0, 0.05) is 18.8 Å². The molecule has 0 saturated carbocycles. The van der Waals surface area contributed by atoms with Gasteiger partial charge in [0.1, 0.15) is 0 Å². The van der Waals surface area contributed by atoms with Crippen LogP contribution in [0.25, 0.3) is 0 Å². The molecular weight excluding hydrogens is 252 g/mol. The van der Waals surface area contributed by atoms with Gasteiger partial charge in [0.05, 0.1) is 11.6 Å². The van der Waals surface area contributed by atoms with Crippen LogP contribution in [0.4, 0.5) is 5.69 Å². The highest BCUT2D eigenvalue weighted by atomic mass is 16.3. The Labute approximate surface area is 122 Å². The Balaban J connectivity index is 2.81. The van der Waals surface area contributed by atoms with E-state index < -0.39 is 5.60 Å². The Kier molecular flexibility index (Phi) is 5.72. The quantitative estimate of drug-likeness (QED) is 0.867. The molecule has 0 spiro atoms. The average molecular weight is 278 g/mol. The third kappa shape index (κ3) is 4.62. The molecular formula is C16H26N2O2. The van der Waals surface area contributed by atoms with Crippen molar-refractivity contribution >= 4 is 11.6 Å². The zero-order chi connectivity index (χ0) is 15.3. The van der Waals surface area contributed by atoms with Crippen molar-refractivity contribution in [2.75, 3.05) is 25.0 Å². The lowest BCUT2D eigenvalue weighted by Crippen LogP contribution is -2.49. The summed E-state index contributed by atoms with van der Waals surface area (Å²) in [4.78, 5) is 16.3. The minimum atomic E-state index is -0.812. The van der Waals surface area contributed by atoms with E-state index in [1.54, 1.807) is 18.7 Å². The summed E-state index contributed by atoms with van der Waals surface area (Å²) in [6, 6.07) is 9.38. The molecule has 0 fully saturated rings. The number of aliphatic hydroxyl groups is 1. The van der Waals surface area contributed by atoms with Crippen molar-refractivity contribution in [1.29, 1.82) is 0 Å². The fourth-order valence-corrected chi connectivity index (χ4v) is 2.23. The molecule has 112 valence electrons. The van der Waals surface area contributed by atoms with E-state index in [1.165, 1.54) is 0 Å². The maximum Gasteiger partial charge on any atom is 0.244 e. The van der Waals surface area contributed by atoms with Gasteiger partial charge >= 0.3 is 0 Å². The molecule has 1 aromatic carbocycles. The van der Waals surface area contributed by atoms with Gasteiger partial charge in [-0.05, 0) is 46.9 Å². The lowest BCUT2D eigenvalue weighted by atomic mass is 10.1. The molecule has 0 bridgehead atoms. The van der Waals surface area contributed by atoms with Crippen LogP contribution in [-0.4, -0.2) is 47.7 Å². The van der Waals surface area contributed by atoms with E-state index in [2.05, 4.69) is 0 Å². The molecule has 0 heterocycles. The van der Waals surface area contributed by atoms with Gasteiger partial charge in [-0.1, -0.05) is 18.2 Å². The number of para-hydroxylation sites is 1. The fourth-order valence-electron chi connectivity index (χ4n) is 2.23. The number of hydrogen-bond acceptors (Lipinski definition) is 3. The van der Waals surface area contributed by atoms with Crippen molar-refractivity contribution in [3.63, 3.8) is 0 Å². The summed E-state index contributed by atoms with van der Waals surface area (Å²) >= 11 is 0. The van der Waals surface area contributed by atoms with Crippen LogP contribution in [0, 0.1) is 0 Å². The van der Waals surface area contributed by atoms with Gasteiger partial charge in [-0.25, -0.2) is 0 Å². The van der Waals surface area contributed by atoms with Gasteiger partial charge in [0.2, 0.25) is 5.91 Å². The van der Waals surface area contributed by atoms with E-state index in [0.29, 0.717) is 13.1 Å². The van der Waals surface area contributed by atoms with Crippen molar-refractivity contribution in [2.45, 2.75) is 39.3 Å². The second-order valence-corrected chi connectivity index (χ2v) is 5.82. The van der Waals surface area contributed by atoms with Gasteiger partial charge in [-0.3, -0.25) is 9.69 Å². The molecule has 20 heavy (non-hydrogen) atoms. The third-order valence-corrected chi connectivity index (χ3v) is 3.31. The predicted molar refractivity (Wildman–Crippen MR) is 82.9 cm³/mol. The number of nitrogens with zero attached hydrogens (tertiary/aromatic N) is 2. The van der Waals surface area contributed by atoms with Gasteiger partial charge in [0.15, 0.2) is 0 Å². The molecule has 1 rings (SSSR count). The first-order chi connectivity index (χ1) is 9.26. The van der Waals surface area contributed by atoms with E-state index in [9.17, 15) is 9.90 Å². The van der Waals surface area contributed by atoms with E-state index in [1.807, 2.05) is 56.1 Å². The molecule has 4 nitrogen and oxygen atoms in total. The molecule has 0 saturated heterocycles. The number of amides is 1. The molecule has 4 heteroatoms. The monoisotopic (exact) mass is 278 g/mol. The second-order valence-electron chi connectivity index (χ2n) is 5.82. The van der Waals surface area contributed by atoms with Crippen LogP contribution in [-0.2, 0) is 4.79 Å². The van der Waals surface area contributed by atoms with E-state index in [0.717, 1.165) is 5.69 Å². The molecule has 1 aromatic rings. The number of carbonyl (C=O) groups excluding carboxylic acids is 1. The molecule has 0 aliphatic rings. The number of anilines is 1. The van der Waals surface area contributed by atoms with Gasteiger partial charge in [0.25, 0.3) is 0 Å². The Morgan fingerprint density at radius 3 is 2.30 bits per heavy atom. The molecule has 1 N–H and O–H groups in total. The SMILES string of the molecule is CCN(C(=O)C(C)N(C)CC(C)(C)O)c1ccccc1. The molecule has 1 atom stereocenters.